The molecule has 1 aromatic carbocycles. The molecule has 0 radical (unpaired) electrons. The van der Waals surface area contributed by atoms with Gasteiger partial charge in [-0.15, -0.1) is 0 Å². The molecule has 4 heterocycles. The second kappa shape index (κ2) is 8.75. The van der Waals surface area contributed by atoms with Crippen LogP contribution in [0, 0.1) is 6.92 Å². The van der Waals surface area contributed by atoms with Gasteiger partial charge in [0.15, 0.2) is 5.82 Å². The second-order valence-electron chi connectivity index (χ2n) is 8.18. The second-order valence-corrected chi connectivity index (χ2v) is 8.18. The van der Waals surface area contributed by atoms with Crippen molar-refractivity contribution in [3.63, 3.8) is 0 Å². The van der Waals surface area contributed by atoms with E-state index in [1.54, 1.807) is 18.5 Å². The van der Waals surface area contributed by atoms with E-state index in [1.807, 2.05) is 23.2 Å². The summed E-state index contributed by atoms with van der Waals surface area (Å²) in [5.74, 6) is 0.981. The Labute approximate surface area is 187 Å². The highest BCUT2D eigenvalue weighted by Gasteiger charge is 2.28. The zero-order chi connectivity index (χ0) is 21.9. The highest BCUT2D eigenvalue weighted by Crippen LogP contribution is 2.35. The van der Waals surface area contributed by atoms with Crippen molar-refractivity contribution in [2.45, 2.75) is 25.7 Å². The number of benzene rings is 1. The van der Waals surface area contributed by atoms with Crippen molar-refractivity contribution in [1.82, 2.24) is 19.9 Å². The van der Waals surface area contributed by atoms with Gasteiger partial charge in [-0.05, 0) is 43.5 Å². The van der Waals surface area contributed by atoms with E-state index in [1.165, 1.54) is 18.1 Å². The van der Waals surface area contributed by atoms with Gasteiger partial charge in [-0.1, -0.05) is 29.8 Å². The van der Waals surface area contributed by atoms with Crippen molar-refractivity contribution in [1.29, 1.82) is 0 Å². The number of piperidine rings is 1. The summed E-state index contributed by atoms with van der Waals surface area (Å²) in [5, 5.41) is 0. The van der Waals surface area contributed by atoms with E-state index in [0.29, 0.717) is 24.5 Å². The van der Waals surface area contributed by atoms with Gasteiger partial charge in [0, 0.05) is 48.7 Å². The van der Waals surface area contributed by atoms with Crippen molar-refractivity contribution in [3.8, 4) is 22.5 Å². The Kier molecular flexibility index (Phi) is 5.50. The Bertz CT molecular complexity index is 1210. The van der Waals surface area contributed by atoms with Crippen molar-refractivity contribution in [2.75, 3.05) is 13.1 Å². The number of hydrogen-bond acceptors (Lipinski definition) is 5. The zero-order valence-electron chi connectivity index (χ0n) is 17.9. The molecule has 3 aromatic heterocycles. The fourth-order valence-electron chi connectivity index (χ4n) is 4.31. The summed E-state index contributed by atoms with van der Waals surface area (Å²) in [7, 11) is 0. The Hall–Kier alpha value is -3.80. The van der Waals surface area contributed by atoms with Crippen LogP contribution in [0.15, 0.2) is 78.0 Å². The lowest BCUT2D eigenvalue weighted by atomic mass is 9.88. The van der Waals surface area contributed by atoms with Crippen LogP contribution in [-0.4, -0.2) is 38.8 Å². The third-order valence-corrected chi connectivity index (χ3v) is 6.02. The molecule has 1 aliphatic rings. The van der Waals surface area contributed by atoms with Crippen LogP contribution in [0.1, 0.15) is 40.4 Å². The van der Waals surface area contributed by atoms with Gasteiger partial charge in [-0.2, -0.15) is 0 Å². The summed E-state index contributed by atoms with van der Waals surface area (Å²) in [6, 6.07) is 14.0. The van der Waals surface area contributed by atoms with Crippen molar-refractivity contribution in [3.05, 3.63) is 90.4 Å². The number of amides is 1. The molecule has 32 heavy (non-hydrogen) atoms. The normalized spacial score (nSPS) is 14.5. The molecule has 1 saturated heterocycles. The van der Waals surface area contributed by atoms with Gasteiger partial charge >= 0.3 is 0 Å². The average molecular weight is 425 g/mol. The third-order valence-electron chi connectivity index (χ3n) is 6.02. The van der Waals surface area contributed by atoms with E-state index >= 15 is 0 Å². The fourth-order valence-corrected chi connectivity index (χ4v) is 4.31. The summed E-state index contributed by atoms with van der Waals surface area (Å²) in [5.41, 5.74) is 5.99. The molecule has 0 N–H and O–H groups in total. The molecule has 0 saturated carbocycles. The maximum absolute atomic E-state index is 12.7. The standard InChI is InChI=1S/C26H24N4O2/c1-18-3-2-4-21(15-18)23-16-28-25(20-5-10-27-11-6-20)29-24(23)19-7-12-30(13-8-19)26(31)22-9-14-32-17-22/h2-6,9-11,14-17,19H,7-8,12-13H2,1H3. The van der Waals surface area contributed by atoms with Crippen molar-refractivity contribution >= 4 is 5.91 Å². The smallest absolute Gasteiger partial charge is 0.257 e. The molecular formula is C26H24N4O2. The van der Waals surface area contributed by atoms with Crippen LogP contribution >= 0.6 is 0 Å². The molecule has 5 rings (SSSR count). The molecule has 4 aromatic rings. The minimum atomic E-state index is 0.0243. The molecule has 0 aliphatic carbocycles. The van der Waals surface area contributed by atoms with Crippen LogP contribution in [0.4, 0.5) is 0 Å². The Morgan fingerprint density at radius 1 is 1.06 bits per heavy atom. The van der Waals surface area contributed by atoms with Crippen LogP contribution < -0.4 is 0 Å². The highest BCUT2D eigenvalue weighted by atomic mass is 16.3. The lowest BCUT2D eigenvalue weighted by Crippen LogP contribution is -2.38. The van der Waals surface area contributed by atoms with E-state index in [9.17, 15) is 4.79 Å². The summed E-state index contributed by atoms with van der Waals surface area (Å²) < 4.78 is 5.08. The summed E-state index contributed by atoms with van der Waals surface area (Å²) >= 11 is 0. The van der Waals surface area contributed by atoms with Gasteiger partial charge in [0.2, 0.25) is 0 Å². The number of carbonyl (C=O) groups excluding carboxylic acids is 1. The van der Waals surface area contributed by atoms with Crippen LogP contribution in [0.3, 0.4) is 0 Å². The molecule has 1 aliphatic heterocycles. The highest BCUT2D eigenvalue weighted by molar-refractivity contribution is 5.93. The molecular weight excluding hydrogens is 400 g/mol. The molecule has 1 fully saturated rings. The average Bonchev–Trinajstić information content (AvgIpc) is 3.39. The van der Waals surface area contributed by atoms with Crippen LogP contribution in [0.2, 0.25) is 0 Å². The van der Waals surface area contributed by atoms with E-state index in [2.05, 4.69) is 41.2 Å². The number of nitrogens with zero attached hydrogens (tertiary/aromatic N) is 4. The van der Waals surface area contributed by atoms with Crippen LogP contribution in [-0.2, 0) is 0 Å². The predicted octanol–water partition coefficient (Wildman–Crippen LogP) is 5.13. The minimum Gasteiger partial charge on any atom is -0.472 e. The number of aromatic nitrogens is 3. The van der Waals surface area contributed by atoms with Crippen LogP contribution in [0.25, 0.3) is 22.5 Å². The SMILES string of the molecule is Cc1cccc(-c2cnc(-c3ccncc3)nc2C2CCN(C(=O)c3ccoc3)CC2)c1. The number of pyridine rings is 1. The minimum absolute atomic E-state index is 0.0243. The first-order valence-corrected chi connectivity index (χ1v) is 10.8. The van der Waals surface area contributed by atoms with Crippen molar-refractivity contribution in [2.24, 2.45) is 0 Å². The number of likely N-dealkylation sites (tertiary alicyclic amines) is 1. The lowest BCUT2D eigenvalue weighted by Gasteiger charge is -2.32. The number of rotatable bonds is 4. The third kappa shape index (κ3) is 4.04. The Morgan fingerprint density at radius 3 is 2.59 bits per heavy atom. The molecule has 160 valence electrons. The van der Waals surface area contributed by atoms with E-state index in [0.717, 1.165) is 35.2 Å². The molecule has 6 heteroatoms. The Morgan fingerprint density at radius 2 is 1.88 bits per heavy atom. The lowest BCUT2D eigenvalue weighted by molar-refractivity contribution is 0.0711. The maximum atomic E-state index is 12.7. The van der Waals surface area contributed by atoms with Gasteiger partial charge in [0.1, 0.15) is 6.26 Å². The number of furan rings is 1. The van der Waals surface area contributed by atoms with E-state index in [4.69, 9.17) is 9.40 Å². The first kappa shape index (κ1) is 20.1. The van der Waals surface area contributed by atoms with Gasteiger partial charge in [-0.25, -0.2) is 9.97 Å². The molecule has 0 spiro atoms. The molecule has 1 amide bonds. The summed E-state index contributed by atoms with van der Waals surface area (Å²) in [6.07, 6.45) is 10.2. The fraction of sp³-hybridized carbons (Fsp3) is 0.231. The number of carbonyl (C=O) groups is 1. The van der Waals surface area contributed by atoms with E-state index in [-0.39, 0.29) is 11.8 Å². The van der Waals surface area contributed by atoms with Gasteiger partial charge in [-0.3, -0.25) is 9.78 Å². The zero-order valence-corrected chi connectivity index (χ0v) is 17.9. The van der Waals surface area contributed by atoms with Crippen LogP contribution in [0.5, 0.6) is 0 Å². The largest absolute Gasteiger partial charge is 0.472 e. The van der Waals surface area contributed by atoms with Crippen molar-refractivity contribution < 1.29 is 9.21 Å². The first-order valence-electron chi connectivity index (χ1n) is 10.8. The van der Waals surface area contributed by atoms with Gasteiger partial charge in [0.25, 0.3) is 5.91 Å². The quantitative estimate of drug-likeness (QED) is 0.454. The molecule has 0 unspecified atom stereocenters. The van der Waals surface area contributed by atoms with Gasteiger partial charge in [0.05, 0.1) is 17.5 Å². The summed E-state index contributed by atoms with van der Waals surface area (Å²) in [6.45, 7) is 3.47. The molecule has 6 nitrogen and oxygen atoms in total. The summed E-state index contributed by atoms with van der Waals surface area (Å²) in [4.78, 5) is 28.4. The first-order chi connectivity index (χ1) is 15.7. The number of aryl methyl sites for hydroxylation is 1. The van der Waals surface area contributed by atoms with E-state index < -0.39 is 0 Å². The Balaban J connectivity index is 1.46. The predicted molar refractivity (Wildman–Crippen MR) is 122 cm³/mol. The monoisotopic (exact) mass is 424 g/mol. The van der Waals surface area contributed by atoms with Gasteiger partial charge < -0.3 is 9.32 Å². The molecule has 0 bridgehead atoms. The number of hydrogen-bond donors (Lipinski definition) is 0. The topological polar surface area (TPSA) is 72.1 Å². The maximum Gasteiger partial charge on any atom is 0.257 e. The molecule has 0 atom stereocenters.